The third-order valence-corrected chi connectivity index (χ3v) is 7.77. The van der Waals surface area contributed by atoms with Gasteiger partial charge in [0.15, 0.2) is 0 Å². The fourth-order valence-corrected chi connectivity index (χ4v) is 5.56. The zero-order chi connectivity index (χ0) is 29.9. The van der Waals surface area contributed by atoms with Gasteiger partial charge >= 0.3 is 0 Å². The summed E-state index contributed by atoms with van der Waals surface area (Å²) < 4.78 is 29.8. The van der Waals surface area contributed by atoms with Crippen LogP contribution in [0.3, 0.4) is 0 Å². The second-order valence-corrected chi connectivity index (χ2v) is 10.9. The van der Waals surface area contributed by atoms with Gasteiger partial charge in [0.05, 0.1) is 33.0 Å². The van der Waals surface area contributed by atoms with Gasteiger partial charge in [-0.15, -0.1) is 0 Å². The first-order valence-corrected chi connectivity index (χ1v) is 15.1. The van der Waals surface area contributed by atoms with Crippen molar-refractivity contribution in [3.8, 4) is 11.5 Å². The molecule has 0 aliphatic carbocycles. The molecule has 2 atom stereocenters. The van der Waals surface area contributed by atoms with Gasteiger partial charge in [-0.2, -0.15) is 0 Å². The molecule has 2 heterocycles. The first kappa shape index (κ1) is 30.6. The number of ether oxygens (including phenoxy) is 4. The number of amides is 1. The van der Waals surface area contributed by atoms with E-state index in [-0.39, 0.29) is 17.9 Å². The van der Waals surface area contributed by atoms with Gasteiger partial charge in [0.2, 0.25) is 5.91 Å². The average Bonchev–Trinajstić information content (AvgIpc) is 3.46. The highest BCUT2D eigenvalue weighted by Crippen LogP contribution is 2.31. The monoisotopic (exact) mass is 586 g/mol. The molecule has 8 nitrogen and oxygen atoms in total. The highest BCUT2D eigenvalue weighted by Gasteiger charge is 2.27. The maximum atomic E-state index is 11.2. The summed E-state index contributed by atoms with van der Waals surface area (Å²) in [4.78, 5) is 11.2. The summed E-state index contributed by atoms with van der Waals surface area (Å²) in [5, 5.41) is 7.38. The van der Waals surface area contributed by atoms with Crippen molar-refractivity contribution < 1.29 is 28.2 Å². The molecule has 2 N–H and O–H groups in total. The van der Waals surface area contributed by atoms with Gasteiger partial charge in [0.1, 0.15) is 29.4 Å². The Labute approximate surface area is 253 Å². The number of piperidine rings is 1. The van der Waals surface area contributed by atoms with E-state index in [0.29, 0.717) is 33.0 Å². The second-order valence-electron chi connectivity index (χ2n) is 10.9. The number of nitrogens with one attached hydrogen (secondary N) is 2. The molecule has 0 spiro atoms. The van der Waals surface area contributed by atoms with Crippen molar-refractivity contribution in [1.29, 1.82) is 0 Å². The number of hydrogen-bond donors (Lipinski definition) is 2. The molecule has 0 radical (unpaired) electrons. The van der Waals surface area contributed by atoms with E-state index in [1.165, 1.54) is 12.5 Å². The fraction of sp³-hybridized carbons (Fsp3) is 0.400. The lowest BCUT2D eigenvalue weighted by molar-refractivity contribution is -0.118. The number of benzene rings is 3. The summed E-state index contributed by atoms with van der Waals surface area (Å²) in [5.41, 5.74) is 4.24. The van der Waals surface area contributed by atoms with E-state index >= 15 is 0 Å². The lowest BCUT2D eigenvalue weighted by atomic mass is 9.87. The quantitative estimate of drug-likeness (QED) is 0.171. The molecule has 8 heteroatoms. The molecule has 228 valence electrons. The molecule has 1 aliphatic rings. The Morgan fingerprint density at radius 3 is 2.67 bits per heavy atom. The highest BCUT2D eigenvalue weighted by molar-refractivity contribution is 5.81. The van der Waals surface area contributed by atoms with Crippen LogP contribution in [0.5, 0.6) is 11.5 Å². The largest absolute Gasteiger partial charge is 0.496 e. The predicted octanol–water partition coefficient (Wildman–Crippen LogP) is 5.77. The van der Waals surface area contributed by atoms with Crippen LogP contribution in [0.4, 0.5) is 0 Å². The van der Waals surface area contributed by atoms with Gasteiger partial charge in [-0.3, -0.25) is 4.79 Å². The summed E-state index contributed by atoms with van der Waals surface area (Å²) >= 11 is 0. The van der Waals surface area contributed by atoms with Crippen molar-refractivity contribution in [1.82, 2.24) is 10.6 Å². The van der Waals surface area contributed by atoms with Crippen LogP contribution in [0, 0.1) is 0 Å². The number of para-hydroxylation sites is 2. The molecule has 1 saturated heterocycles. The summed E-state index contributed by atoms with van der Waals surface area (Å²) in [7, 11) is 1.67. The van der Waals surface area contributed by atoms with E-state index in [0.717, 1.165) is 71.7 Å². The first-order valence-electron chi connectivity index (χ1n) is 15.1. The molecular formula is C35H42N2O6. The second kappa shape index (κ2) is 15.6. The molecule has 0 saturated carbocycles. The van der Waals surface area contributed by atoms with E-state index in [1.807, 2.05) is 54.6 Å². The van der Waals surface area contributed by atoms with Crippen LogP contribution >= 0.6 is 0 Å². The standard InChI is InChI=1S/C35H42N2O6/c1-25(38)37-18-15-27-8-5-9-28-21-31(43-35(27)28)24-42-34-22-36-17-16-32(34)26-11-13-30(14-12-26)41-20-6-19-40-23-29-7-3-4-10-33(29)39-2/h3-5,7-14,21,32,34,36H,6,15-20,22-24H2,1-2H3,(H,37,38). The summed E-state index contributed by atoms with van der Waals surface area (Å²) in [6.45, 7) is 6.01. The molecule has 1 fully saturated rings. The van der Waals surface area contributed by atoms with Gasteiger partial charge in [-0.1, -0.05) is 48.5 Å². The minimum Gasteiger partial charge on any atom is -0.496 e. The topological polar surface area (TPSA) is 91.2 Å². The lowest BCUT2D eigenvalue weighted by Gasteiger charge is -2.32. The highest BCUT2D eigenvalue weighted by atomic mass is 16.5. The molecule has 2 unspecified atom stereocenters. The van der Waals surface area contributed by atoms with Gasteiger partial charge in [0.25, 0.3) is 0 Å². The SMILES string of the molecule is COc1ccccc1COCCCOc1ccc(C2CCNCC2OCc2cc3cccc(CCNC(C)=O)c3o2)cc1. The molecule has 5 rings (SSSR count). The Hall–Kier alpha value is -3.85. The summed E-state index contributed by atoms with van der Waals surface area (Å²) in [6, 6.07) is 24.5. The van der Waals surface area contributed by atoms with Crippen LogP contribution in [0.25, 0.3) is 11.0 Å². The van der Waals surface area contributed by atoms with Crippen molar-refractivity contribution in [2.24, 2.45) is 0 Å². The van der Waals surface area contributed by atoms with Crippen LogP contribution in [0.2, 0.25) is 0 Å². The predicted molar refractivity (Wildman–Crippen MR) is 167 cm³/mol. The van der Waals surface area contributed by atoms with Crippen LogP contribution in [0.1, 0.15) is 48.1 Å². The van der Waals surface area contributed by atoms with Crippen LogP contribution in [0.15, 0.2) is 77.2 Å². The number of carbonyl (C=O) groups excluding carboxylic acids is 1. The zero-order valence-electron chi connectivity index (χ0n) is 25.1. The van der Waals surface area contributed by atoms with E-state index in [2.05, 4.69) is 28.8 Å². The Morgan fingerprint density at radius 1 is 1.00 bits per heavy atom. The molecule has 43 heavy (non-hydrogen) atoms. The Bertz CT molecular complexity index is 1450. The molecule has 1 aromatic heterocycles. The number of rotatable bonds is 15. The van der Waals surface area contributed by atoms with Crippen LogP contribution in [-0.2, 0) is 33.9 Å². The van der Waals surface area contributed by atoms with Gasteiger partial charge in [0, 0.05) is 43.3 Å². The van der Waals surface area contributed by atoms with Crippen molar-refractivity contribution in [2.75, 3.05) is 40.0 Å². The van der Waals surface area contributed by atoms with E-state index in [4.69, 9.17) is 23.4 Å². The Balaban J connectivity index is 1.09. The van der Waals surface area contributed by atoms with Crippen molar-refractivity contribution in [2.45, 2.75) is 51.4 Å². The molecule has 3 aromatic carbocycles. The van der Waals surface area contributed by atoms with Crippen LogP contribution < -0.4 is 20.1 Å². The smallest absolute Gasteiger partial charge is 0.216 e. The first-order chi connectivity index (χ1) is 21.1. The minimum atomic E-state index is -0.0271. The minimum absolute atomic E-state index is 0.0271. The van der Waals surface area contributed by atoms with Crippen molar-refractivity contribution >= 4 is 16.9 Å². The van der Waals surface area contributed by atoms with E-state index in [1.54, 1.807) is 7.11 Å². The van der Waals surface area contributed by atoms with Gasteiger partial charge in [-0.05, 0) is 54.8 Å². The lowest BCUT2D eigenvalue weighted by Crippen LogP contribution is -2.40. The van der Waals surface area contributed by atoms with Crippen LogP contribution in [-0.4, -0.2) is 52.0 Å². The van der Waals surface area contributed by atoms with Gasteiger partial charge < -0.3 is 34.0 Å². The number of fused-ring (bicyclic) bond motifs is 1. The number of methoxy groups -OCH3 is 1. The third kappa shape index (κ3) is 8.60. The van der Waals surface area contributed by atoms with E-state index in [9.17, 15) is 4.79 Å². The average molecular weight is 587 g/mol. The van der Waals surface area contributed by atoms with Gasteiger partial charge in [-0.25, -0.2) is 0 Å². The zero-order valence-corrected chi connectivity index (χ0v) is 25.1. The normalized spacial score (nSPS) is 16.7. The molecule has 1 amide bonds. The Morgan fingerprint density at radius 2 is 1.84 bits per heavy atom. The molecular weight excluding hydrogens is 544 g/mol. The maximum absolute atomic E-state index is 11.2. The molecule has 0 bridgehead atoms. The van der Waals surface area contributed by atoms with Crippen molar-refractivity contribution in [3.63, 3.8) is 0 Å². The Kier molecular flexibility index (Phi) is 11.1. The molecule has 4 aromatic rings. The van der Waals surface area contributed by atoms with Crippen molar-refractivity contribution in [3.05, 3.63) is 95.2 Å². The number of carbonyl (C=O) groups is 1. The maximum Gasteiger partial charge on any atom is 0.216 e. The summed E-state index contributed by atoms with van der Waals surface area (Å²) in [5.74, 6) is 2.77. The molecule has 1 aliphatic heterocycles. The number of furan rings is 1. The number of hydrogen-bond acceptors (Lipinski definition) is 7. The fourth-order valence-electron chi connectivity index (χ4n) is 5.56. The third-order valence-electron chi connectivity index (χ3n) is 7.77. The summed E-state index contributed by atoms with van der Waals surface area (Å²) in [6.07, 6.45) is 2.56. The van der Waals surface area contributed by atoms with E-state index < -0.39 is 0 Å².